The van der Waals surface area contributed by atoms with Crippen LogP contribution in [0.15, 0.2) is 0 Å². The Morgan fingerprint density at radius 1 is 1.23 bits per heavy atom. The van der Waals surface area contributed by atoms with E-state index in [0.717, 1.165) is 0 Å². The van der Waals surface area contributed by atoms with Crippen molar-refractivity contribution in [3.05, 3.63) is 0 Å². The van der Waals surface area contributed by atoms with Gasteiger partial charge in [-0.15, -0.1) is 0 Å². The van der Waals surface area contributed by atoms with Crippen LogP contribution in [0.3, 0.4) is 0 Å². The highest BCUT2D eigenvalue weighted by atomic mass is 127. The Bertz CT molecular complexity index is 165. The van der Waals surface area contributed by atoms with Crippen molar-refractivity contribution in [1.29, 1.82) is 0 Å². The quantitative estimate of drug-likeness (QED) is 0.447. The standard InChI is InChI=1S/C6H11IO6/c7-13-5-2(1-8)12-6(11)4(10)3(5)9/h2-6,8-11H,1H2/t2-,3-,4-,5+,6?/m1/s1. The normalized spacial score (nSPS) is 46.4. The van der Waals surface area contributed by atoms with E-state index < -0.39 is 37.3 Å². The molecule has 6 nitrogen and oxygen atoms in total. The molecule has 0 saturated carbocycles. The van der Waals surface area contributed by atoms with Crippen LogP contribution in [0.25, 0.3) is 0 Å². The number of ether oxygens (including phenoxy) is 1. The molecular weight excluding hydrogens is 295 g/mol. The predicted molar refractivity (Wildman–Crippen MR) is 48.9 cm³/mol. The maximum Gasteiger partial charge on any atom is 0.184 e. The maximum atomic E-state index is 9.38. The van der Waals surface area contributed by atoms with E-state index in [9.17, 15) is 10.2 Å². The van der Waals surface area contributed by atoms with Crippen LogP contribution in [0, 0.1) is 0 Å². The number of aliphatic hydroxyl groups excluding tert-OH is 4. The van der Waals surface area contributed by atoms with Gasteiger partial charge in [0.2, 0.25) is 0 Å². The first kappa shape index (κ1) is 11.6. The summed E-state index contributed by atoms with van der Waals surface area (Å²) >= 11 is 1.53. The maximum absolute atomic E-state index is 9.38. The van der Waals surface area contributed by atoms with Crippen molar-refractivity contribution in [3.63, 3.8) is 0 Å². The topological polar surface area (TPSA) is 99.4 Å². The average Bonchev–Trinajstić information content (AvgIpc) is 2.13. The molecule has 1 aliphatic heterocycles. The molecule has 0 aliphatic carbocycles. The van der Waals surface area contributed by atoms with Gasteiger partial charge in [-0.2, -0.15) is 0 Å². The molecule has 0 aromatic heterocycles. The van der Waals surface area contributed by atoms with Gasteiger partial charge in [0.1, 0.15) is 47.4 Å². The zero-order chi connectivity index (χ0) is 10.0. The molecule has 7 heteroatoms. The Morgan fingerprint density at radius 2 is 1.85 bits per heavy atom. The number of aliphatic hydroxyl groups is 4. The van der Waals surface area contributed by atoms with Gasteiger partial charge in [0.25, 0.3) is 0 Å². The van der Waals surface area contributed by atoms with Gasteiger partial charge in [0, 0.05) is 0 Å². The minimum Gasteiger partial charge on any atom is -0.394 e. The van der Waals surface area contributed by atoms with Crippen molar-refractivity contribution in [3.8, 4) is 0 Å². The second-order valence-corrected chi connectivity index (χ2v) is 3.29. The van der Waals surface area contributed by atoms with E-state index in [1.54, 1.807) is 0 Å². The second kappa shape index (κ2) is 4.82. The Labute approximate surface area is 88.8 Å². The van der Waals surface area contributed by atoms with Crippen LogP contribution in [0.1, 0.15) is 0 Å². The first-order chi connectivity index (χ1) is 6.11. The van der Waals surface area contributed by atoms with Crippen LogP contribution in [-0.2, 0) is 7.80 Å². The fourth-order valence-corrected chi connectivity index (χ4v) is 1.81. The first-order valence-corrected chi connectivity index (χ1v) is 4.57. The van der Waals surface area contributed by atoms with Crippen LogP contribution < -0.4 is 0 Å². The van der Waals surface area contributed by atoms with Crippen LogP contribution in [0.5, 0.6) is 0 Å². The highest BCUT2D eigenvalue weighted by Gasteiger charge is 2.44. The lowest BCUT2D eigenvalue weighted by Crippen LogP contribution is -2.58. The van der Waals surface area contributed by atoms with E-state index in [2.05, 4.69) is 0 Å². The summed E-state index contributed by atoms with van der Waals surface area (Å²) in [4.78, 5) is 0. The van der Waals surface area contributed by atoms with Crippen molar-refractivity contribution in [2.45, 2.75) is 30.7 Å². The SMILES string of the molecule is OC[C@H]1OC(O)[C@H](O)[C@@H](O)[C@H]1OI. The van der Waals surface area contributed by atoms with Crippen LogP contribution in [0.4, 0.5) is 0 Å². The molecule has 1 saturated heterocycles. The Hall–Kier alpha value is 0.490. The summed E-state index contributed by atoms with van der Waals surface area (Å²) in [5.74, 6) is 0. The predicted octanol–water partition coefficient (Wildman–Crippen LogP) is -1.85. The molecule has 1 unspecified atom stereocenters. The Balaban J connectivity index is 2.69. The van der Waals surface area contributed by atoms with Gasteiger partial charge in [0.05, 0.1) is 6.61 Å². The van der Waals surface area contributed by atoms with Crippen molar-refractivity contribution in [2.75, 3.05) is 6.61 Å². The number of hydrogen-bond acceptors (Lipinski definition) is 6. The first-order valence-electron chi connectivity index (χ1n) is 3.69. The molecule has 0 radical (unpaired) electrons. The van der Waals surface area contributed by atoms with Crippen molar-refractivity contribution in [2.24, 2.45) is 0 Å². The number of hydrogen-bond donors (Lipinski definition) is 4. The zero-order valence-electron chi connectivity index (χ0n) is 6.58. The van der Waals surface area contributed by atoms with Crippen molar-refractivity contribution in [1.82, 2.24) is 0 Å². The van der Waals surface area contributed by atoms with Crippen LogP contribution in [-0.4, -0.2) is 57.7 Å². The van der Waals surface area contributed by atoms with Crippen LogP contribution in [0.2, 0.25) is 0 Å². The van der Waals surface area contributed by atoms with Gasteiger partial charge >= 0.3 is 0 Å². The molecule has 1 aliphatic rings. The molecule has 0 aromatic carbocycles. The van der Waals surface area contributed by atoms with E-state index in [-0.39, 0.29) is 0 Å². The monoisotopic (exact) mass is 306 g/mol. The Kier molecular flexibility index (Phi) is 4.29. The highest BCUT2D eigenvalue weighted by molar-refractivity contribution is 14.1. The lowest BCUT2D eigenvalue weighted by Gasteiger charge is -2.38. The number of rotatable bonds is 2. The van der Waals surface area contributed by atoms with Gasteiger partial charge in [-0.3, -0.25) is 0 Å². The van der Waals surface area contributed by atoms with Crippen molar-refractivity contribution < 1.29 is 28.2 Å². The van der Waals surface area contributed by atoms with E-state index in [4.69, 9.17) is 18.0 Å². The fourth-order valence-electron chi connectivity index (χ4n) is 1.18. The largest absolute Gasteiger partial charge is 0.394 e. The molecule has 0 amide bonds. The minimum absolute atomic E-state index is 0.394. The minimum atomic E-state index is -1.49. The second-order valence-electron chi connectivity index (χ2n) is 2.78. The average molecular weight is 306 g/mol. The summed E-state index contributed by atoms with van der Waals surface area (Å²) in [6.07, 6.45) is -5.84. The van der Waals surface area contributed by atoms with Gasteiger partial charge in [-0.25, -0.2) is 0 Å². The zero-order valence-corrected chi connectivity index (χ0v) is 8.73. The molecule has 4 N–H and O–H groups in total. The van der Waals surface area contributed by atoms with E-state index in [0.29, 0.717) is 0 Å². The smallest absolute Gasteiger partial charge is 0.184 e. The lowest BCUT2D eigenvalue weighted by molar-refractivity contribution is -0.278. The molecular formula is C6H11IO6. The summed E-state index contributed by atoms with van der Waals surface area (Å²) in [5, 5.41) is 36.4. The van der Waals surface area contributed by atoms with E-state index in [1.807, 2.05) is 0 Å². The third kappa shape index (κ3) is 2.29. The summed E-state index contributed by atoms with van der Waals surface area (Å²) in [7, 11) is 0. The Morgan fingerprint density at radius 3 is 2.31 bits per heavy atom. The highest BCUT2D eigenvalue weighted by Crippen LogP contribution is 2.23. The van der Waals surface area contributed by atoms with Gasteiger partial charge in [0.15, 0.2) is 6.29 Å². The van der Waals surface area contributed by atoms with E-state index in [1.165, 1.54) is 23.0 Å². The molecule has 1 rings (SSSR count). The molecule has 0 spiro atoms. The summed E-state index contributed by atoms with van der Waals surface area (Å²) in [6.45, 7) is -0.394. The van der Waals surface area contributed by atoms with Gasteiger partial charge in [-0.1, -0.05) is 0 Å². The molecule has 13 heavy (non-hydrogen) atoms. The number of halogens is 1. The van der Waals surface area contributed by atoms with Gasteiger partial charge < -0.3 is 28.2 Å². The summed E-state index contributed by atoms with van der Waals surface area (Å²) in [5.41, 5.74) is 0. The van der Waals surface area contributed by atoms with Gasteiger partial charge in [-0.05, 0) is 0 Å². The summed E-state index contributed by atoms with van der Waals surface area (Å²) in [6, 6.07) is 0. The fraction of sp³-hybridized carbons (Fsp3) is 1.00. The third-order valence-electron chi connectivity index (χ3n) is 1.94. The third-order valence-corrected chi connectivity index (χ3v) is 2.53. The molecule has 78 valence electrons. The van der Waals surface area contributed by atoms with E-state index >= 15 is 0 Å². The molecule has 0 aromatic rings. The molecule has 5 atom stereocenters. The molecule has 0 bridgehead atoms. The lowest BCUT2D eigenvalue weighted by atomic mass is 10.00. The summed E-state index contributed by atoms with van der Waals surface area (Å²) < 4.78 is 9.58. The molecule has 1 fully saturated rings. The van der Waals surface area contributed by atoms with Crippen LogP contribution >= 0.6 is 23.0 Å². The van der Waals surface area contributed by atoms with Crippen molar-refractivity contribution >= 4 is 23.0 Å². The molecule has 1 heterocycles.